The van der Waals surface area contributed by atoms with E-state index in [2.05, 4.69) is 10.2 Å². The van der Waals surface area contributed by atoms with Gasteiger partial charge < -0.3 is 4.90 Å². The number of nitrogens with zero attached hydrogens (tertiary/aromatic N) is 3. The third-order valence-electron chi connectivity index (χ3n) is 2.05. The molecule has 2 rings (SSSR count). The number of likely N-dealkylation sites (tertiary alicyclic amines) is 1. The second kappa shape index (κ2) is 3.53. The van der Waals surface area contributed by atoms with Crippen LogP contribution in [0.1, 0.15) is 16.2 Å². The summed E-state index contributed by atoms with van der Waals surface area (Å²) in [7, 11) is -3.36. The van der Waals surface area contributed by atoms with E-state index in [9.17, 15) is 13.2 Å². The largest absolute Gasteiger partial charge is 0.336 e. The van der Waals surface area contributed by atoms with Crippen LogP contribution in [0.2, 0.25) is 0 Å². The minimum Gasteiger partial charge on any atom is -0.336 e. The van der Waals surface area contributed by atoms with Crippen LogP contribution in [0.3, 0.4) is 0 Å². The quantitative estimate of drug-likeness (QED) is 0.722. The fourth-order valence-electron chi connectivity index (χ4n) is 1.10. The highest BCUT2D eigenvalue weighted by molar-refractivity contribution is 7.92. The van der Waals surface area contributed by atoms with Crippen LogP contribution >= 0.6 is 11.3 Å². The highest BCUT2D eigenvalue weighted by Gasteiger charge is 2.26. The molecule has 0 aromatic carbocycles. The minimum atomic E-state index is -3.36. The average Bonchev–Trinajstić information content (AvgIpc) is 2.46. The van der Waals surface area contributed by atoms with Crippen LogP contribution in [-0.2, 0) is 9.84 Å². The van der Waals surface area contributed by atoms with Gasteiger partial charge in [0.1, 0.15) is 0 Å². The summed E-state index contributed by atoms with van der Waals surface area (Å²) >= 11 is 0.824. The van der Waals surface area contributed by atoms with Gasteiger partial charge in [-0.25, -0.2) is 8.42 Å². The third-order valence-corrected chi connectivity index (χ3v) is 4.63. The Morgan fingerprint density at radius 2 is 2.07 bits per heavy atom. The Morgan fingerprint density at radius 1 is 1.40 bits per heavy atom. The molecule has 0 atom stereocenters. The molecule has 0 spiro atoms. The molecule has 1 aromatic heterocycles. The summed E-state index contributed by atoms with van der Waals surface area (Å²) in [4.78, 5) is 13.2. The van der Waals surface area contributed by atoms with Crippen molar-refractivity contribution in [2.24, 2.45) is 0 Å². The van der Waals surface area contributed by atoms with Crippen molar-refractivity contribution < 1.29 is 13.2 Å². The van der Waals surface area contributed by atoms with Crippen LogP contribution in [-0.4, -0.2) is 48.8 Å². The Balaban J connectivity index is 2.23. The van der Waals surface area contributed by atoms with E-state index in [0.29, 0.717) is 13.1 Å². The van der Waals surface area contributed by atoms with E-state index in [1.807, 2.05) is 0 Å². The topological polar surface area (TPSA) is 80.2 Å². The Hall–Kier alpha value is -1.02. The Kier molecular flexibility index (Phi) is 2.47. The zero-order valence-electron chi connectivity index (χ0n) is 8.00. The zero-order valence-corrected chi connectivity index (χ0v) is 9.64. The van der Waals surface area contributed by atoms with Gasteiger partial charge in [0.25, 0.3) is 5.91 Å². The normalized spacial score (nSPS) is 16.2. The van der Waals surface area contributed by atoms with E-state index in [0.717, 1.165) is 24.0 Å². The van der Waals surface area contributed by atoms with Gasteiger partial charge >= 0.3 is 0 Å². The van der Waals surface area contributed by atoms with Gasteiger partial charge in [0, 0.05) is 19.3 Å². The first kappa shape index (κ1) is 10.5. The van der Waals surface area contributed by atoms with Gasteiger partial charge in [0.2, 0.25) is 19.2 Å². The summed E-state index contributed by atoms with van der Waals surface area (Å²) in [5.41, 5.74) is 0. The van der Waals surface area contributed by atoms with E-state index in [1.165, 1.54) is 0 Å². The monoisotopic (exact) mass is 247 g/mol. The molecule has 2 heterocycles. The van der Waals surface area contributed by atoms with Gasteiger partial charge in [-0.15, -0.1) is 10.2 Å². The van der Waals surface area contributed by atoms with E-state index in [1.54, 1.807) is 4.90 Å². The van der Waals surface area contributed by atoms with E-state index in [4.69, 9.17) is 0 Å². The number of carbonyl (C=O) groups excluding carboxylic acids is 1. The van der Waals surface area contributed by atoms with Crippen molar-refractivity contribution in [1.82, 2.24) is 15.1 Å². The number of carbonyl (C=O) groups is 1. The zero-order chi connectivity index (χ0) is 11.1. The second-order valence-electron chi connectivity index (χ2n) is 3.29. The van der Waals surface area contributed by atoms with E-state index < -0.39 is 9.84 Å². The number of hydrogen-bond acceptors (Lipinski definition) is 6. The molecule has 0 radical (unpaired) electrons. The van der Waals surface area contributed by atoms with Gasteiger partial charge in [0.05, 0.1) is 0 Å². The molecular weight excluding hydrogens is 238 g/mol. The number of rotatable bonds is 2. The first-order valence-electron chi connectivity index (χ1n) is 4.31. The molecule has 0 saturated carbocycles. The van der Waals surface area contributed by atoms with Crippen LogP contribution in [0.25, 0.3) is 0 Å². The van der Waals surface area contributed by atoms with Crippen LogP contribution < -0.4 is 0 Å². The standard InChI is InChI=1S/C7H9N3O3S2/c1-15(12,13)7-9-8-5(14-7)6(11)10-3-2-4-10/h2-4H2,1H3. The molecule has 1 aliphatic heterocycles. The van der Waals surface area contributed by atoms with Crippen LogP contribution in [0.4, 0.5) is 0 Å². The van der Waals surface area contributed by atoms with Crippen molar-refractivity contribution in [3.05, 3.63) is 5.01 Å². The average molecular weight is 247 g/mol. The number of amides is 1. The Bertz CT molecular complexity index is 489. The predicted molar refractivity (Wildman–Crippen MR) is 53.5 cm³/mol. The van der Waals surface area contributed by atoms with Gasteiger partial charge in [-0.1, -0.05) is 11.3 Å². The molecule has 15 heavy (non-hydrogen) atoms. The maximum atomic E-state index is 11.6. The molecule has 82 valence electrons. The fraction of sp³-hybridized carbons (Fsp3) is 0.571. The lowest BCUT2D eigenvalue weighted by Gasteiger charge is -2.29. The van der Waals surface area contributed by atoms with Gasteiger partial charge in [-0.05, 0) is 6.42 Å². The summed E-state index contributed by atoms with van der Waals surface area (Å²) in [6.45, 7) is 1.43. The first-order valence-corrected chi connectivity index (χ1v) is 7.02. The summed E-state index contributed by atoms with van der Waals surface area (Å²) in [6.07, 6.45) is 2.04. The lowest BCUT2D eigenvalue weighted by Crippen LogP contribution is -2.41. The molecule has 1 saturated heterocycles. The maximum absolute atomic E-state index is 11.6. The van der Waals surface area contributed by atoms with Crippen LogP contribution in [0, 0.1) is 0 Å². The molecular formula is C7H9N3O3S2. The summed E-state index contributed by atoms with van der Waals surface area (Å²) in [5, 5.41) is 7.21. The first-order chi connectivity index (χ1) is 6.98. The molecule has 1 aliphatic rings. The van der Waals surface area contributed by atoms with Crippen molar-refractivity contribution in [2.45, 2.75) is 10.8 Å². The van der Waals surface area contributed by atoms with Crippen molar-refractivity contribution in [3.63, 3.8) is 0 Å². The molecule has 1 amide bonds. The van der Waals surface area contributed by atoms with Crippen molar-refractivity contribution >= 4 is 27.1 Å². The summed E-state index contributed by atoms with van der Waals surface area (Å²) in [5.74, 6) is -0.228. The smallest absolute Gasteiger partial charge is 0.284 e. The summed E-state index contributed by atoms with van der Waals surface area (Å²) in [6, 6.07) is 0. The lowest BCUT2D eigenvalue weighted by atomic mass is 10.2. The van der Waals surface area contributed by atoms with Crippen molar-refractivity contribution in [2.75, 3.05) is 19.3 Å². The Morgan fingerprint density at radius 3 is 2.47 bits per heavy atom. The minimum absolute atomic E-state index is 0.105. The van der Waals surface area contributed by atoms with Crippen LogP contribution in [0.15, 0.2) is 4.34 Å². The highest BCUT2D eigenvalue weighted by Crippen LogP contribution is 2.19. The molecule has 8 heteroatoms. The highest BCUT2D eigenvalue weighted by atomic mass is 32.2. The second-order valence-corrected chi connectivity index (χ2v) is 6.46. The van der Waals surface area contributed by atoms with Crippen molar-refractivity contribution in [3.8, 4) is 0 Å². The molecule has 0 N–H and O–H groups in total. The number of hydrogen-bond donors (Lipinski definition) is 0. The summed E-state index contributed by atoms with van der Waals surface area (Å²) < 4.78 is 22.1. The Labute approximate surface area is 90.8 Å². The van der Waals surface area contributed by atoms with Gasteiger partial charge in [-0.2, -0.15) is 0 Å². The van der Waals surface area contributed by atoms with E-state index >= 15 is 0 Å². The van der Waals surface area contributed by atoms with Crippen LogP contribution in [0.5, 0.6) is 0 Å². The lowest BCUT2D eigenvalue weighted by molar-refractivity contribution is 0.0650. The molecule has 6 nitrogen and oxygen atoms in total. The third kappa shape index (κ3) is 2.00. The molecule has 0 bridgehead atoms. The molecule has 0 aliphatic carbocycles. The maximum Gasteiger partial charge on any atom is 0.284 e. The fourth-order valence-corrected chi connectivity index (χ4v) is 2.68. The molecule has 1 fully saturated rings. The number of sulfone groups is 1. The number of aromatic nitrogens is 2. The van der Waals surface area contributed by atoms with E-state index in [-0.39, 0.29) is 15.3 Å². The van der Waals surface area contributed by atoms with Gasteiger partial charge in [-0.3, -0.25) is 4.79 Å². The molecule has 0 unspecified atom stereocenters. The van der Waals surface area contributed by atoms with Crippen molar-refractivity contribution in [1.29, 1.82) is 0 Å². The van der Waals surface area contributed by atoms with Gasteiger partial charge in [0.15, 0.2) is 0 Å². The predicted octanol–water partition coefficient (Wildman–Crippen LogP) is -0.213. The molecule has 1 aromatic rings. The SMILES string of the molecule is CS(=O)(=O)c1nnc(C(=O)N2CCC2)s1.